The average molecular weight is 126 g/mol. The number of hydrogen-bond acceptors (Lipinski definition) is 3. The maximum absolute atomic E-state index is 9.99. The first-order valence-corrected chi connectivity index (χ1v) is 2.25. The van der Waals surface area contributed by atoms with Crippen LogP contribution in [0.2, 0.25) is 0 Å². The zero-order chi connectivity index (χ0) is 6.85. The number of nitro groups is 1. The lowest BCUT2D eigenvalue weighted by atomic mass is 10.4. The van der Waals surface area contributed by atoms with Crippen molar-refractivity contribution in [2.24, 2.45) is 0 Å². The first-order chi connectivity index (χ1) is 4.22. The molecule has 0 atom stereocenters. The molecule has 1 radical (unpaired) electrons. The second-order valence-electron chi connectivity index (χ2n) is 1.49. The van der Waals surface area contributed by atoms with Crippen LogP contribution in [-0.2, 0) is 0 Å². The van der Waals surface area contributed by atoms with Crippen molar-refractivity contribution in [3.05, 3.63) is 35.1 Å². The van der Waals surface area contributed by atoms with Crippen LogP contribution in [-0.4, -0.2) is 4.92 Å². The largest absolute Gasteiger partial charge is 0.462 e. The Bertz CT molecular complexity index is 228. The summed E-state index contributed by atoms with van der Waals surface area (Å²) in [7, 11) is 0. The van der Waals surface area contributed by atoms with Crippen molar-refractivity contribution in [1.29, 1.82) is 0 Å². The fraction of sp³-hybridized carbons (Fsp3) is 0. The van der Waals surface area contributed by atoms with Gasteiger partial charge in [0, 0.05) is 6.92 Å². The molecular formula is C5H4NO3. The van der Waals surface area contributed by atoms with E-state index < -0.39 is 4.92 Å². The van der Waals surface area contributed by atoms with Gasteiger partial charge in [0.2, 0.25) is 0 Å². The summed E-state index contributed by atoms with van der Waals surface area (Å²) in [6, 6.07) is 1.27. The molecule has 0 fully saturated rings. The van der Waals surface area contributed by atoms with Crippen LogP contribution in [0.1, 0.15) is 5.76 Å². The predicted molar refractivity (Wildman–Crippen MR) is 29.8 cm³/mol. The molecule has 0 saturated carbocycles. The van der Waals surface area contributed by atoms with Crippen molar-refractivity contribution in [1.82, 2.24) is 0 Å². The minimum Gasteiger partial charge on any atom is -0.462 e. The molecule has 0 aliphatic carbocycles. The van der Waals surface area contributed by atoms with Gasteiger partial charge in [0.15, 0.2) is 5.76 Å². The van der Waals surface area contributed by atoms with Gasteiger partial charge in [-0.2, -0.15) is 0 Å². The van der Waals surface area contributed by atoms with Crippen molar-refractivity contribution in [2.75, 3.05) is 0 Å². The zero-order valence-electron chi connectivity index (χ0n) is 4.53. The summed E-state index contributed by atoms with van der Waals surface area (Å²) in [5.41, 5.74) is -0.0741. The molecule has 0 aromatic carbocycles. The highest BCUT2D eigenvalue weighted by molar-refractivity contribution is 5.33. The summed E-state index contributed by atoms with van der Waals surface area (Å²) in [6.07, 6.45) is 1.24. The van der Waals surface area contributed by atoms with E-state index in [1.54, 1.807) is 0 Å². The highest BCUT2D eigenvalue weighted by atomic mass is 16.6. The molecule has 0 bridgehead atoms. The smallest absolute Gasteiger partial charge is 0.310 e. The summed E-state index contributed by atoms with van der Waals surface area (Å²) < 4.78 is 4.57. The average Bonchev–Trinajstić information content (AvgIpc) is 2.13. The van der Waals surface area contributed by atoms with Gasteiger partial charge in [-0.05, 0) is 0 Å². The molecule has 1 rings (SSSR count). The SMILES string of the molecule is [CH2]c1occc1[N+](=O)[O-]. The number of hydrogen-bond donors (Lipinski definition) is 0. The fourth-order valence-electron chi connectivity index (χ4n) is 0.497. The molecule has 1 aromatic rings. The van der Waals surface area contributed by atoms with E-state index >= 15 is 0 Å². The van der Waals surface area contributed by atoms with E-state index in [1.807, 2.05) is 0 Å². The molecule has 9 heavy (non-hydrogen) atoms. The molecule has 0 spiro atoms. The molecule has 47 valence electrons. The Hall–Kier alpha value is -1.32. The van der Waals surface area contributed by atoms with Crippen LogP contribution in [0.5, 0.6) is 0 Å². The summed E-state index contributed by atoms with van der Waals surface area (Å²) in [6.45, 7) is 3.29. The minimum absolute atomic E-state index is 0.0741. The van der Waals surface area contributed by atoms with E-state index in [-0.39, 0.29) is 11.4 Å². The standard InChI is InChI=1S/C5H4NO3/c1-4-5(6(7)8)2-3-9-4/h2-3H,1H2. The van der Waals surface area contributed by atoms with Crippen molar-refractivity contribution in [3.8, 4) is 0 Å². The molecule has 0 unspecified atom stereocenters. The number of rotatable bonds is 1. The molecule has 4 heteroatoms. The van der Waals surface area contributed by atoms with Gasteiger partial charge >= 0.3 is 5.69 Å². The van der Waals surface area contributed by atoms with Gasteiger partial charge in [-0.1, -0.05) is 0 Å². The van der Waals surface area contributed by atoms with Crippen LogP contribution >= 0.6 is 0 Å². The lowest BCUT2D eigenvalue weighted by Gasteiger charge is -1.82. The normalized spacial score (nSPS) is 9.44. The lowest BCUT2D eigenvalue weighted by molar-refractivity contribution is -0.385. The topological polar surface area (TPSA) is 56.3 Å². The molecule has 0 N–H and O–H groups in total. The molecule has 0 aliphatic rings. The second kappa shape index (κ2) is 1.89. The van der Waals surface area contributed by atoms with Crippen molar-refractivity contribution >= 4 is 5.69 Å². The van der Waals surface area contributed by atoms with E-state index in [0.29, 0.717) is 0 Å². The van der Waals surface area contributed by atoms with E-state index in [4.69, 9.17) is 0 Å². The van der Waals surface area contributed by atoms with Gasteiger partial charge in [0.25, 0.3) is 0 Å². The first-order valence-electron chi connectivity index (χ1n) is 2.25. The van der Waals surface area contributed by atoms with Crippen LogP contribution in [0.4, 0.5) is 5.69 Å². The Labute approximate surface area is 51.2 Å². The van der Waals surface area contributed by atoms with Gasteiger partial charge in [0.05, 0.1) is 17.3 Å². The Morgan fingerprint density at radius 3 is 2.67 bits per heavy atom. The lowest BCUT2D eigenvalue weighted by Crippen LogP contribution is -1.85. The van der Waals surface area contributed by atoms with Crippen molar-refractivity contribution in [3.63, 3.8) is 0 Å². The van der Waals surface area contributed by atoms with Crippen LogP contribution in [0, 0.1) is 17.0 Å². The van der Waals surface area contributed by atoms with E-state index in [0.717, 1.165) is 0 Å². The number of nitrogens with zero attached hydrogens (tertiary/aromatic N) is 1. The molecule has 1 heterocycles. The Kier molecular flexibility index (Phi) is 1.22. The summed E-state index contributed by atoms with van der Waals surface area (Å²) in [5, 5.41) is 9.99. The number of furan rings is 1. The maximum atomic E-state index is 9.99. The quantitative estimate of drug-likeness (QED) is 0.421. The first kappa shape index (κ1) is 5.81. The van der Waals surface area contributed by atoms with Crippen molar-refractivity contribution < 1.29 is 9.34 Å². The molecule has 4 nitrogen and oxygen atoms in total. The van der Waals surface area contributed by atoms with Gasteiger partial charge in [-0.15, -0.1) is 0 Å². The second-order valence-corrected chi connectivity index (χ2v) is 1.49. The van der Waals surface area contributed by atoms with E-state index in [2.05, 4.69) is 11.3 Å². The fourth-order valence-corrected chi connectivity index (χ4v) is 0.497. The Balaban J connectivity index is 3.08. The molecule has 0 saturated heterocycles. The molecule has 0 amide bonds. The van der Waals surface area contributed by atoms with Gasteiger partial charge in [-0.25, -0.2) is 0 Å². The third-order valence-electron chi connectivity index (χ3n) is 0.919. The van der Waals surface area contributed by atoms with Gasteiger partial charge < -0.3 is 4.42 Å². The zero-order valence-corrected chi connectivity index (χ0v) is 4.53. The highest BCUT2D eigenvalue weighted by Gasteiger charge is 2.11. The molecular weight excluding hydrogens is 122 g/mol. The van der Waals surface area contributed by atoms with E-state index in [9.17, 15) is 10.1 Å². The van der Waals surface area contributed by atoms with Crippen LogP contribution in [0.3, 0.4) is 0 Å². The summed E-state index contributed by atoms with van der Waals surface area (Å²) in [4.78, 5) is 9.45. The minimum atomic E-state index is -0.536. The monoisotopic (exact) mass is 126 g/mol. The van der Waals surface area contributed by atoms with Crippen LogP contribution in [0.15, 0.2) is 16.7 Å². The third kappa shape index (κ3) is 0.910. The predicted octanol–water partition coefficient (Wildman–Crippen LogP) is 1.37. The summed E-state index contributed by atoms with van der Waals surface area (Å²) in [5.74, 6) is 0.0972. The van der Waals surface area contributed by atoms with Crippen molar-refractivity contribution in [2.45, 2.75) is 0 Å². The molecule has 1 aromatic heterocycles. The maximum Gasteiger partial charge on any atom is 0.310 e. The van der Waals surface area contributed by atoms with Gasteiger partial charge in [0.1, 0.15) is 0 Å². The van der Waals surface area contributed by atoms with Crippen LogP contribution in [0.25, 0.3) is 0 Å². The Morgan fingerprint density at radius 1 is 1.78 bits per heavy atom. The highest BCUT2D eigenvalue weighted by Crippen LogP contribution is 2.16. The van der Waals surface area contributed by atoms with Crippen LogP contribution < -0.4 is 0 Å². The summed E-state index contributed by atoms with van der Waals surface area (Å²) >= 11 is 0. The Morgan fingerprint density at radius 2 is 2.44 bits per heavy atom. The molecule has 0 aliphatic heterocycles. The van der Waals surface area contributed by atoms with E-state index in [1.165, 1.54) is 12.3 Å². The van der Waals surface area contributed by atoms with Gasteiger partial charge in [-0.3, -0.25) is 10.1 Å². The third-order valence-corrected chi connectivity index (χ3v) is 0.919.